The minimum absolute atomic E-state index is 0.202. The monoisotopic (exact) mass is 360 g/mol. The van der Waals surface area contributed by atoms with Gasteiger partial charge in [0.25, 0.3) is 5.91 Å². The normalized spacial score (nSPS) is 10.1. The molecule has 0 fully saturated rings. The summed E-state index contributed by atoms with van der Waals surface area (Å²) in [6.45, 7) is 5.63. The lowest BCUT2D eigenvalue weighted by atomic mass is 10.2. The Kier molecular flexibility index (Phi) is 6.31. The highest BCUT2D eigenvalue weighted by molar-refractivity contribution is 5.95. The summed E-state index contributed by atoms with van der Waals surface area (Å²) >= 11 is 0. The summed E-state index contributed by atoms with van der Waals surface area (Å²) in [5, 5.41) is 4.19. The molecule has 1 heterocycles. The minimum Gasteiger partial charge on any atom is -0.462 e. The number of carbonyl (C=O) groups excluding carboxylic acids is 3. The van der Waals surface area contributed by atoms with Crippen molar-refractivity contribution in [3.8, 4) is 5.69 Å². The van der Waals surface area contributed by atoms with E-state index in [1.807, 2.05) is 0 Å². The lowest BCUT2D eigenvalue weighted by Crippen LogP contribution is -2.41. The van der Waals surface area contributed by atoms with Gasteiger partial charge in [-0.05, 0) is 45.0 Å². The van der Waals surface area contributed by atoms with Crippen LogP contribution in [0.1, 0.15) is 40.3 Å². The molecule has 0 spiro atoms. The van der Waals surface area contributed by atoms with Crippen molar-refractivity contribution in [2.45, 2.75) is 20.8 Å². The Bertz CT molecular complexity index is 798. The second kappa shape index (κ2) is 8.65. The molecular weight excluding hydrogens is 340 g/mol. The molecule has 1 aromatic heterocycles. The molecule has 9 heteroatoms. The second-order valence-corrected chi connectivity index (χ2v) is 5.12. The Labute approximate surface area is 150 Å². The van der Waals surface area contributed by atoms with Gasteiger partial charge in [0.2, 0.25) is 0 Å². The van der Waals surface area contributed by atoms with E-state index in [0.717, 1.165) is 0 Å². The molecule has 9 nitrogen and oxygen atoms in total. The largest absolute Gasteiger partial charge is 0.462 e. The quantitative estimate of drug-likeness (QED) is 0.621. The van der Waals surface area contributed by atoms with Crippen LogP contribution in [0.5, 0.6) is 0 Å². The van der Waals surface area contributed by atoms with Gasteiger partial charge in [-0.1, -0.05) is 0 Å². The Balaban J connectivity index is 2.09. The smallest absolute Gasteiger partial charge is 0.426 e. The zero-order valence-corrected chi connectivity index (χ0v) is 14.7. The predicted molar refractivity (Wildman–Crippen MR) is 91.9 cm³/mol. The summed E-state index contributed by atoms with van der Waals surface area (Å²) in [6, 6.07) is 6.49. The van der Waals surface area contributed by atoms with Crippen molar-refractivity contribution in [3.63, 3.8) is 0 Å². The number of esters is 1. The van der Waals surface area contributed by atoms with Crippen molar-refractivity contribution >= 4 is 18.0 Å². The summed E-state index contributed by atoms with van der Waals surface area (Å²) in [4.78, 5) is 35.0. The van der Waals surface area contributed by atoms with Gasteiger partial charge in [0.05, 0.1) is 30.8 Å². The molecular formula is C17H20N4O5. The van der Waals surface area contributed by atoms with Crippen molar-refractivity contribution < 1.29 is 23.9 Å². The van der Waals surface area contributed by atoms with Gasteiger partial charge in [0.15, 0.2) is 0 Å². The van der Waals surface area contributed by atoms with Gasteiger partial charge in [-0.3, -0.25) is 10.2 Å². The first-order chi connectivity index (χ1) is 12.5. The molecule has 0 aliphatic rings. The molecule has 2 rings (SSSR count). The summed E-state index contributed by atoms with van der Waals surface area (Å²) in [5.41, 5.74) is 6.39. The predicted octanol–water partition coefficient (Wildman–Crippen LogP) is 1.75. The lowest BCUT2D eigenvalue weighted by Gasteiger charge is -2.09. The third kappa shape index (κ3) is 4.38. The Morgan fingerprint density at radius 1 is 1.04 bits per heavy atom. The number of hydrazine groups is 1. The number of aromatic nitrogens is 2. The fourth-order valence-corrected chi connectivity index (χ4v) is 2.18. The molecule has 26 heavy (non-hydrogen) atoms. The molecule has 2 N–H and O–H groups in total. The van der Waals surface area contributed by atoms with E-state index in [1.54, 1.807) is 49.7 Å². The number of rotatable bonds is 5. The molecule has 0 aliphatic heterocycles. The molecule has 0 aliphatic carbocycles. The molecule has 138 valence electrons. The molecule has 2 amide bonds. The van der Waals surface area contributed by atoms with E-state index in [0.29, 0.717) is 22.5 Å². The van der Waals surface area contributed by atoms with Gasteiger partial charge < -0.3 is 9.47 Å². The lowest BCUT2D eigenvalue weighted by molar-refractivity contribution is 0.0525. The van der Waals surface area contributed by atoms with Crippen LogP contribution in [0.4, 0.5) is 4.79 Å². The average Bonchev–Trinajstić information content (AvgIpc) is 3.02. The van der Waals surface area contributed by atoms with E-state index >= 15 is 0 Å². The number of ether oxygens (including phenoxy) is 2. The number of amides is 2. The molecule has 0 atom stereocenters. The molecule has 0 bridgehead atoms. The van der Waals surface area contributed by atoms with Gasteiger partial charge >= 0.3 is 12.1 Å². The third-order valence-electron chi connectivity index (χ3n) is 3.43. The summed E-state index contributed by atoms with van der Waals surface area (Å²) in [5.74, 6) is -0.925. The van der Waals surface area contributed by atoms with Crippen molar-refractivity contribution in [2.24, 2.45) is 0 Å². The van der Waals surface area contributed by atoms with Crippen LogP contribution in [0.15, 0.2) is 30.5 Å². The third-order valence-corrected chi connectivity index (χ3v) is 3.43. The first-order valence-corrected chi connectivity index (χ1v) is 8.03. The first-order valence-electron chi connectivity index (χ1n) is 8.03. The van der Waals surface area contributed by atoms with Crippen LogP contribution >= 0.6 is 0 Å². The molecule has 0 saturated heterocycles. The van der Waals surface area contributed by atoms with E-state index in [2.05, 4.69) is 20.7 Å². The van der Waals surface area contributed by atoms with Crippen LogP contribution in [0.3, 0.4) is 0 Å². The Morgan fingerprint density at radius 3 is 2.31 bits per heavy atom. The molecule has 1 aromatic carbocycles. The standard InChI is InChI=1S/C17H20N4O5/c1-4-25-16(23)14-10-18-21(11(14)3)13-8-6-12(7-9-13)15(22)19-20-17(24)26-5-2/h6-10H,4-5H2,1-3H3,(H,19,22)(H,20,24). The number of hydrogen-bond acceptors (Lipinski definition) is 6. The number of benzene rings is 1. The van der Waals surface area contributed by atoms with E-state index in [-0.39, 0.29) is 13.2 Å². The highest BCUT2D eigenvalue weighted by atomic mass is 16.6. The van der Waals surface area contributed by atoms with Crippen molar-refractivity contribution in [1.82, 2.24) is 20.6 Å². The topological polar surface area (TPSA) is 112 Å². The van der Waals surface area contributed by atoms with Crippen LogP contribution in [-0.2, 0) is 9.47 Å². The van der Waals surface area contributed by atoms with Gasteiger partial charge in [-0.25, -0.2) is 19.7 Å². The van der Waals surface area contributed by atoms with E-state index in [1.165, 1.54) is 6.20 Å². The molecule has 0 radical (unpaired) electrons. The van der Waals surface area contributed by atoms with Crippen LogP contribution in [0.2, 0.25) is 0 Å². The van der Waals surface area contributed by atoms with E-state index in [9.17, 15) is 14.4 Å². The van der Waals surface area contributed by atoms with Crippen LogP contribution in [0.25, 0.3) is 5.69 Å². The fraction of sp³-hybridized carbons (Fsp3) is 0.294. The maximum Gasteiger partial charge on any atom is 0.426 e. The van der Waals surface area contributed by atoms with Gasteiger partial charge in [-0.2, -0.15) is 5.10 Å². The maximum absolute atomic E-state index is 12.0. The number of hydrogen-bond donors (Lipinski definition) is 2. The zero-order chi connectivity index (χ0) is 19.1. The van der Waals surface area contributed by atoms with Crippen molar-refractivity contribution in [2.75, 3.05) is 13.2 Å². The van der Waals surface area contributed by atoms with Crippen LogP contribution in [0, 0.1) is 6.92 Å². The summed E-state index contributed by atoms with van der Waals surface area (Å²) < 4.78 is 11.2. The average molecular weight is 360 g/mol. The van der Waals surface area contributed by atoms with Crippen LogP contribution in [-0.4, -0.2) is 41.0 Å². The fourth-order valence-electron chi connectivity index (χ4n) is 2.18. The van der Waals surface area contributed by atoms with Gasteiger partial charge in [-0.15, -0.1) is 0 Å². The minimum atomic E-state index is -0.740. The highest BCUT2D eigenvalue weighted by Gasteiger charge is 2.16. The van der Waals surface area contributed by atoms with Crippen LogP contribution < -0.4 is 10.9 Å². The first kappa shape index (κ1) is 19.0. The molecule has 0 saturated carbocycles. The summed E-state index contributed by atoms with van der Waals surface area (Å²) in [6.07, 6.45) is 0.702. The second-order valence-electron chi connectivity index (χ2n) is 5.12. The number of nitrogens with zero attached hydrogens (tertiary/aromatic N) is 2. The maximum atomic E-state index is 12.0. The Morgan fingerprint density at radius 2 is 1.69 bits per heavy atom. The van der Waals surface area contributed by atoms with Gasteiger partial charge in [0, 0.05) is 5.56 Å². The van der Waals surface area contributed by atoms with Crippen molar-refractivity contribution in [1.29, 1.82) is 0 Å². The highest BCUT2D eigenvalue weighted by Crippen LogP contribution is 2.16. The zero-order valence-electron chi connectivity index (χ0n) is 14.7. The summed E-state index contributed by atoms with van der Waals surface area (Å²) in [7, 11) is 0. The molecule has 0 unspecified atom stereocenters. The van der Waals surface area contributed by atoms with E-state index < -0.39 is 18.0 Å². The Hall–Kier alpha value is -3.36. The van der Waals surface area contributed by atoms with Crippen molar-refractivity contribution in [3.05, 3.63) is 47.3 Å². The van der Waals surface area contributed by atoms with Gasteiger partial charge in [0.1, 0.15) is 5.56 Å². The molecule has 2 aromatic rings. The van der Waals surface area contributed by atoms with E-state index in [4.69, 9.17) is 4.74 Å². The number of carbonyl (C=O) groups is 3. The number of nitrogens with one attached hydrogen (secondary N) is 2. The SMILES string of the molecule is CCOC(=O)NNC(=O)c1ccc(-n2ncc(C(=O)OCC)c2C)cc1.